The SMILES string of the molecule is CCc1ccc(C(=O)N(C)c2ccc(Br)cc2C)cc1S(=O)(=O)N1CCOCC1. The maximum Gasteiger partial charge on any atom is 0.258 e. The molecule has 0 aromatic heterocycles. The Hall–Kier alpha value is -1.74. The molecule has 2 aromatic carbocycles. The van der Waals surface area contributed by atoms with E-state index in [4.69, 9.17) is 4.74 Å². The van der Waals surface area contributed by atoms with Crippen molar-refractivity contribution in [2.75, 3.05) is 38.3 Å². The lowest BCUT2D eigenvalue weighted by Crippen LogP contribution is -2.41. The molecule has 0 saturated carbocycles. The summed E-state index contributed by atoms with van der Waals surface area (Å²) < 4.78 is 34.1. The van der Waals surface area contributed by atoms with Gasteiger partial charge in [0.1, 0.15) is 0 Å². The predicted molar refractivity (Wildman–Crippen MR) is 117 cm³/mol. The second kappa shape index (κ2) is 8.95. The van der Waals surface area contributed by atoms with Gasteiger partial charge in [-0.2, -0.15) is 4.31 Å². The standard InChI is InChI=1S/C21H25BrN2O4S/c1-4-16-5-6-17(14-20(16)29(26,27)24-9-11-28-12-10-24)21(25)23(3)19-8-7-18(22)13-15(19)2/h5-8,13-14H,4,9-12H2,1-3H3. The minimum Gasteiger partial charge on any atom is -0.379 e. The molecule has 0 bridgehead atoms. The molecule has 0 unspecified atom stereocenters. The van der Waals surface area contributed by atoms with Crippen LogP contribution in [0.5, 0.6) is 0 Å². The summed E-state index contributed by atoms with van der Waals surface area (Å²) in [5, 5.41) is 0. The van der Waals surface area contributed by atoms with Crippen LogP contribution < -0.4 is 4.90 Å². The van der Waals surface area contributed by atoms with E-state index in [9.17, 15) is 13.2 Å². The van der Waals surface area contributed by atoms with E-state index in [-0.39, 0.29) is 10.8 Å². The van der Waals surface area contributed by atoms with E-state index in [0.29, 0.717) is 43.9 Å². The summed E-state index contributed by atoms with van der Waals surface area (Å²) in [6.07, 6.45) is 0.565. The Morgan fingerprint density at radius 3 is 2.48 bits per heavy atom. The van der Waals surface area contributed by atoms with Gasteiger partial charge in [0.25, 0.3) is 5.91 Å². The highest BCUT2D eigenvalue weighted by molar-refractivity contribution is 9.10. The first-order valence-electron chi connectivity index (χ1n) is 9.50. The molecule has 0 N–H and O–H groups in total. The highest BCUT2D eigenvalue weighted by Gasteiger charge is 2.29. The molecule has 156 valence electrons. The number of halogens is 1. The van der Waals surface area contributed by atoms with E-state index in [1.807, 2.05) is 32.0 Å². The third kappa shape index (κ3) is 4.55. The van der Waals surface area contributed by atoms with Gasteiger partial charge in [-0.05, 0) is 54.8 Å². The van der Waals surface area contributed by atoms with Crippen LogP contribution >= 0.6 is 15.9 Å². The largest absolute Gasteiger partial charge is 0.379 e. The third-order valence-corrected chi connectivity index (χ3v) is 7.58. The average Bonchev–Trinajstić information content (AvgIpc) is 2.73. The van der Waals surface area contributed by atoms with E-state index in [1.165, 1.54) is 10.4 Å². The van der Waals surface area contributed by atoms with Gasteiger partial charge in [-0.25, -0.2) is 8.42 Å². The number of hydrogen-bond acceptors (Lipinski definition) is 4. The number of amides is 1. The minimum absolute atomic E-state index is 0.202. The molecular formula is C21H25BrN2O4S. The first-order chi connectivity index (χ1) is 13.8. The number of benzene rings is 2. The van der Waals surface area contributed by atoms with Crippen LogP contribution in [0, 0.1) is 6.92 Å². The minimum atomic E-state index is -3.69. The summed E-state index contributed by atoms with van der Waals surface area (Å²) in [7, 11) is -1.99. The molecule has 8 heteroatoms. The van der Waals surface area contributed by atoms with E-state index in [1.54, 1.807) is 24.1 Å². The number of sulfonamides is 1. The van der Waals surface area contributed by atoms with E-state index < -0.39 is 10.0 Å². The summed E-state index contributed by atoms with van der Waals surface area (Å²) in [5.41, 5.74) is 2.77. The van der Waals surface area contributed by atoms with Crippen molar-refractivity contribution in [1.29, 1.82) is 0 Å². The maximum atomic E-state index is 13.2. The molecule has 0 atom stereocenters. The summed E-state index contributed by atoms with van der Waals surface area (Å²) >= 11 is 3.43. The Balaban J connectivity index is 1.98. The van der Waals surface area contributed by atoms with Crippen LogP contribution in [0.3, 0.4) is 0 Å². The molecule has 1 fully saturated rings. The summed E-state index contributed by atoms with van der Waals surface area (Å²) in [4.78, 5) is 14.9. The van der Waals surface area contributed by atoms with E-state index in [0.717, 1.165) is 15.7 Å². The van der Waals surface area contributed by atoms with Crippen molar-refractivity contribution >= 4 is 37.5 Å². The van der Waals surface area contributed by atoms with Crippen molar-refractivity contribution in [2.45, 2.75) is 25.2 Å². The molecule has 29 heavy (non-hydrogen) atoms. The lowest BCUT2D eigenvalue weighted by atomic mass is 10.1. The first kappa shape index (κ1) is 22.0. The predicted octanol–water partition coefficient (Wildman–Crippen LogP) is 3.62. The van der Waals surface area contributed by atoms with Crippen LogP contribution in [0.2, 0.25) is 0 Å². The molecule has 6 nitrogen and oxygen atoms in total. The van der Waals surface area contributed by atoms with Gasteiger partial charge in [0, 0.05) is 35.9 Å². The van der Waals surface area contributed by atoms with Crippen molar-refractivity contribution < 1.29 is 17.9 Å². The molecule has 1 heterocycles. The normalized spacial score (nSPS) is 15.3. The van der Waals surface area contributed by atoms with Crippen LogP contribution in [0.25, 0.3) is 0 Å². The van der Waals surface area contributed by atoms with Gasteiger partial charge < -0.3 is 9.64 Å². The number of carbonyl (C=O) groups excluding carboxylic acids is 1. The van der Waals surface area contributed by atoms with E-state index >= 15 is 0 Å². The number of ether oxygens (including phenoxy) is 1. The number of carbonyl (C=O) groups is 1. The number of rotatable bonds is 5. The molecule has 0 spiro atoms. The van der Waals surface area contributed by atoms with Gasteiger partial charge in [0.2, 0.25) is 10.0 Å². The molecule has 3 rings (SSSR count). The van der Waals surface area contributed by atoms with Crippen molar-refractivity contribution in [3.8, 4) is 0 Å². The fourth-order valence-corrected chi connectivity index (χ4v) is 5.65. The monoisotopic (exact) mass is 480 g/mol. The molecular weight excluding hydrogens is 456 g/mol. The van der Waals surface area contributed by atoms with Crippen molar-refractivity contribution in [2.24, 2.45) is 0 Å². The maximum absolute atomic E-state index is 13.2. The lowest BCUT2D eigenvalue weighted by Gasteiger charge is -2.27. The van der Waals surface area contributed by atoms with Gasteiger partial charge in [0.05, 0.1) is 18.1 Å². The first-order valence-corrected chi connectivity index (χ1v) is 11.7. The molecule has 1 amide bonds. The van der Waals surface area contributed by atoms with Gasteiger partial charge in [-0.1, -0.05) is 28.9 Å². The Morgan fingerprint density at radius 1 is 1.17 bits per heavy atom. The Kier molecular flexibility index (Phi) is 6.78. The quantitative estimate of drug-likeness (QED) is 0.655. The van der Waals surface area contributed by atoms with E-state index in [2.05, 4.69) is 15.9 Å². The second-order valence-corrected chi connectivity index (χ2v) is 9.81. The van der Waals surface area contributed by atoms with Crippen LogP contribution in [-0.4, -0.2) is 52.0 Å². The highest BCUT2D eigenvalue weighted by Crippen LogP contribution is 2.27. The van der Waals surface area contributed by atoms with Crippen LogP contribution in [0.1, 0.15) is 28.4 Å². The summed E-state index contributed by atoms with van der Waals surface area (Å²) in [6, 6.07) is 10.6. The fourth-order valence-electron chi connectivity index (χ4n) is 3.44. The molecule has 1 saturated heterocycles. The molecule has 1 aliphatic heterocycles. The molecule has 0 radical (unpaired) electrons. The summed E-state index contributed by atoms with van der Waals surface area (Å²) in [5.74, 6) is -0.253. The van der Waals surface area contributed by atoms with Crippen molar-refractivity contribution in [1.82, 2.24) is 4.31 Å². The van der Waals surface area contributed by atoms with Gasteiger partial charge in [-0.3, -0.25) is 4.79 Å². The lowest BCUT2D eigenvalue weighted by molar-refractivity contribution is 0.0730. The zero-order chi connectivity index (χ0) is 21.2. The van der Waals surface area contributed by atoms with Crippen LogP contribution in [-0.2, 0) is 21.2 Å². The molecule has 2 aromatic rings. The number of hydrogen-bond donors (Lipinski definition) is 0. The van der Waals surface area contributed by atoms with Gasteiger partial charge >= 0.3 is 0 Å². The van der Waals surface area contributed by atoms with Gasteiger partial charge in [-0.15, -0.1) is 0 Å². The Morgan fingerprint density at radius 2 is 1.86 bits per heavy atom. The fraction of sp³-hybridized carbons (Fsp3) is 0.381. The number of nitrogens with zero attached hydrogens (tertiary/aromatic N) is 2. The second-order valence-electron chi connectivity index (χ2n) is 6.99. The van der Waals surface area contributed by atoms with Crippen molar-refractivity contribution in [3.05, 3.63) is 57.6 Å². The topological polar surface area (TPSA) is 66.9 Å². The van der Waals surface area contributed by atoms with Crippen LogP contribution in [0.4, 0.5) is 5.69 Å². The average molecular weight is 481 g/mol. The highest BCUT2D eigenvalue weighted by atomic mass is 79.9. The van der Waals surface area contributed by atoms with Gasteiger partial charge in [0.15, 0.2) is 0 Å². The number of aryl methyl sites for hydroxylation is 2. The smallest absolute Gasteiger partial charge is 0.258 e. The van der Waals surface area contributed by atoms with Crippen LogP contribution in [0.15, 0.2) is 45.8 Å². The Labute approximate surface area is 180 Å². The molecule has 1 aliphatic rings. The zero-order valence-corrected chi connectivity index (χ0v) is 19.2. The zero-order valence-electron chi connectivity index (χ0n) is 16.8. The Bertz CT molecular complexity index is 1020. The molecule has 0 aliphatic carbocycles. The van der Waals surface area contributed by atoms with Crippen molar-refractivity contribution in [3.63, 3.8) is 0 Å². The number of morpholine rings is 1. The summed E-state index contributed by atoms with van der Waals surface area (Å²) in [6.45, 7) is 5.24. The number of anilines is 1. The third-order valence-electron chi connectivity index (χ3n) is 5.11.